The second kappa shape index (κ2) is 18.7. The van der Waals surface area contributed by atoms with E-state index in [1.807, 2.05) is 13.0 Å². The Morgan fingerprint density at radius 2 is 1.35 bits per heavy atom. The van der Waals surface area contributed by atoms with Crippen LogP contribution in [-0.4, -0.2) is 17.9 Å². The van der Waals surface area contributed by atoms with Crippen LogP contribution in [-0.2, 0) is 9.53 Å². The topological polar surface area (TPSA) is 46.5 Å². The van der Waals surface area contributed by atoms with Crippen molar-refractivity contribution in [2.45, 2.75) is 110 Å². The Labute approximate surface area is 161 Å². The third-order valence-electron chi connectivity index (χ3n) is 4.70. The first kappa shape index (κ1) is 24.9. The minimum Gasteiger partial charge on any atom is -0.435 e. The van der Waals surface area contributed by atoms with E-state index in [0.717, 1.165) is 24.8 Å². The van der Waals surface area contributed by atoms with Gasteiger partial charge < -0.3 is 9.84 Å². The number of aliphatic hydroxyl groups excluding tert-OH is 1. The van der Waals surface area contributed by atoms with Gasteiger partial charge in [0.1, 0.15) is 0 Å². The summed E-state index contributed by atoms with van der Waals surface area (Å²) < 4.78 is 4.72. The van der Waals surface area contributed by atoms with Crippen molar-refractivity contribution in [1.29, 1.82) is 0 Å². The third-order valence-corrected chi connectivity index (χ3v) is 4.70. The van der Waals surface area contributed by atoms with Crippen molar-refractivity contribution < 1.29 is 14.6 Å². The van der Waals surface area contributed by atoms with E-state index in [1.165, 1.54) is 70.6 Å². The summed E-state index contributed by atoms with van der Waals surface area (Å²) in [5.74, 6) is -0.396. The molecule has 0 amide bonds. The lowest BCUT2D eigenvalue weighted by atomic mass is 10.0. The Kier molecular flexibility index (Phi) is 17.9. The van der Waals surface area contributed by atoms with Gasteiger partial charge in [-0.25, -0.2) is 4.79 Å². The van der Waals surface area contributed by atoms with Crippen LogP contribution >= 0.6 is 0 Å². The molecule has 1 N–H and O–H groups in total. The average Bonchev–Trinajstić information content (AvgIpc) is 2.61. The molecule has 3 nitrogen and oxygen atoms in total. The number of allylic oxidation sites excluding steroid dienone is 2. The van der Waals surface area contributed by atoms with Gasteiger partial charge in [0.2, 0.25) is 0 Å². The number of rotatable bonds is 18. The van der Waals surface area contributed by atoms with Crippen molar-refractivity contribution in [3.8, 4) is 0 Å². The van der Waals surface area contributed by atoms with E-state index in [-0.39, 0.29) is 0 Å². The van der Waals surface area contributed by atoms with Gasteiger partial charge in [0, 0.05) is 5.57 Å². The molecule has 0 saturated carbocycles. The van der Waals surface area contributed by atoms with Gasteiger partial charge in [-0.1, -0.05) is 102 Å². The summed E-state index contributed by atoms with van der Waals surface area (Å²) >= 11 is 0. The van der Waals surface area contributed by atoms with Crippen LogP contribution in [0, 0.1) is 0 Å². The lowest BCUT2D eigenvalue weighted by Crippen LogP contribution is -2.09. The highest BCUT2D eigenvalue weighted by molar-refractivity contribution is 5.88. The lowest BCUT2D eigenvalue weighted by Gasteiger charge is -2.07. The normalized spacial score (nSPS) is 11.6. The fourth-order valence-electron chi connectivity index (χ4n) is 3.07. The van der Waals surface area contributed by atoms with Crippen LogP contribution in [0.15, 0.2) is 23.8 Å². The van der Waals surface area contributed by atoms with Crippen LogP contribution in [0.5, 0.6) is 0 Å². The monoisotopic (exact) mass is 366 g/mol. The summed E-state index contributed by atoms with van der Waals surface area (Å²) in [6.45, 7) is 7.51. The molecule has 26 heavy (non-hydrogen) atoms. The summed E-state index contributed by atoms with van der Waals surface area (Å²) in [5.41, 5.74) is 1.69. The zero-order valence-electron chi connectivity index (χ0n) is 17.4. The highest BCUT2D eigenvalue weighted by atomic mass is 16.6. The summed E-state index contributed by atoms with van der Waals surface area (Å²) in [6.07, 6.45) is 20.4. The molecule has 0 aliphatic rings. The fraction of sp³-hybridized carbons (Fsp3) is 0.783. The van der Waals surface area contributed by atoms with Crippen molar-refractivity contribution in [3.63, 3.8) is 0 Å². The molecule has 0 aromatic heterocycles. The number of carbonyl (C=O) groups excluding carboxylic acids is 1. The zero-order chi connectivity index (χ0) is 19.5. The zero-order valence-corrected chi connectivity index (χ0v) is 17.4. The number of unbranched alkanes of at least 4 members (excludes halogenated alkanes) is 12. The molecule has 0 atom stereocenters. The average molecular weight is 367 g/mol. The van der Waals surface area contributed by atoms with Crippen molar-refractivity contribution in [2.75, 3.05) is 6.79 Å². The molecule has 0 heterocycles. The summed E-state index contributed by atoms with van der Waals surface area (Å²) in [5, 5.41) is 8.76. The predicted molar refractivity (Wildman–Crippen MR) is 111 cm³/mol. The number of esters is 1. The SMILES string of the molecule is C=C(C)CC=C(CCCCCCCCCCCCCCC)C(=O)OCO. The van der Waals surface area contributed by atoms with Crippen LogP contribution in [0.2, 0.25) is 0 Å². The standard InChI is InChI=1S/C23H42O3/c1-4-5-6-7-8-9-10-11-12-13-14-15-16-17-22(19-18-21(2)3)23(25)26-20-24/h19,24H,2,4-18,20H2,1,3H3. The second-order valence-electron chi connectivity index (χ2n) is 7.44. The first-order valence-electron chi connectivity index (χ1n) is 10.7. The van der Waals surface area contributed by atoms with Crippen molar-refractivity contribution in [1.82, 2.24) is 0 Å². The molecule has 0 spiro atoms. The Bertz CT molecular complexity index is 385. The molecular weight excluding hydrogens is 324 g/mol. The molecule has 0 rings (SSSR count). The van der Waals surface area contributed by atoms with E-state index in [2.05, 4.69) is 13.5 Å². The Morgan fingerprint density at radius 3 is 1.77 bits per heavy atom. The first-order chi connectivity index (χ1) is 12.6. The number of aliphatic hydroxyl groups is 1. The van der Waals surface area contributed by atoms with Gasteiger partial charge in [-0.2, -0.15) is 0 Å². The molecule has 0 bridgehead atoms. The number of carbonyl (C=O) groups is 1. The Morgan fingerprint density at radius 1 is 0.885 bits per heavy atom. The van der Waals surface area contributed by atoms with Gasteiger partial charge in [-0.3, -0.25) is 0 Å². The lowest BCUT2D eigenvalue weighted by molar-refractivity contribution is -0.147. The molecule has 0 aromatic carbocycles. The number of hydrogen-bond donors (Lipinski definition) is 1. The highest BCUT2D eigenvalue weighted by Gasteiger charge is 2.10. The van der Waals surface area contributed by atoms with Crippen LogP contribution in [0.25, 0.3) is 0 Å². The largest absolute Gasteiger partial charge is 0.435 e. The van der Waals surface area contributed by atoms with Crippen molar-refractivity contribution >= 4 is 5.97 Å². The van der Waals surface area contributed by atoms with Crippen LogP contribution in [0.1, 0.15) is 110 Å². The van der Waals surface area contributed by atoms with Crippen molar-refractivity contribution in [3.05, 3.63) is 23.8 Å². The summed E-state index contributed by atoms with van der Waals surface area (Å²) in [4.78, 5) is 11.8. The number of hydrogen-bond acceptors (Lipinski definition) is 3. The van der Waals surface area contributed by atoms with Crippen molar-refractivity contribution in [2.24, 2.45) is 0 Å². The highest BCUT2D eigenvalue weighted by Crippen LogP contribution is 2.16. The smallest absolute Gasteiger partial charge is 0.335 e. The maximum absolute atomic E-state index is 11.8. The maximum atomic E-state index is 11.8. The van der Waals surface area contributed by atoms with Gasteiger partial charge in [0.25, 0.3) is 0 Å². The molecule has 0 unspecified atom stereocenters. The molecule has 0 fully saturated rings. The Balaban J connectivity index is 3.64. The number of ether oxygens (including phenoxy) is 1. The van der Waals surface area contributed by atoms with E-state index in [0.29, 0.717) is 12.0 Å². The fourth-order valence-corrected chi connectivity index (χ4v) is 3.07. The van der Waals surface area contributed by atoms with Gasteiger partial charge in [-0.15, -0.1) is 0 Å². The summed E-state index contributed by atoms with van der Waals surface area (Å²) in [6, 6.07) is 0. The molecular formula is C23H42O3. The van der Waals surface area contributed by atoms with Crippen LogP contribution in [0.4, 0.5) is 0 Å². The summed E-state index contributed by atoms with van der Waals surface area (Å²) in [7, 11) is 0. The van der Waals surface area contributed by atoms with E-state index < -0.39 is 12.8 Å². The van der Waals surface area contributed by atoms with E-state index in [4.69, 9.17) is 9.84 Å². The molecule has 0 aliphatic heterocycles. The Hall–Kier alpha value is -1.09. The molecule has 0 aliphatic carbocycles. The molecule has 152 valence electrons. The minimum absolute atomic E-state index is 0.396. The molecule has 3 heteroatoms. The predicted octanol–water partition coefficient (Wildman–Crippen LogP) is 6.85. The minimum atomic E-state index is -0.554. The van der Waals surface area contributed by atoms with Crippen LogP contribution < -0.4 is 0 Å². The maximum Gasteiger partial charge on any atom is 0.335 e. The molecule has 0 aromatic rings. The van der Waals surface area contributed by atoms with Gasteiger partial charge in [0.15, 0.2) is 6.79 Å². The molecule has 0 radical (unpaired) electrons. The first-order valence-corrected chi connectivity index (χ1v) is 10.7. The van der Waals surface area contributed by atoms with E-state index in [9.17, 15) is 4.79 Å². The molecule has 0 saturated heterocycles. The van der Waals surface area contributed by atoms with Crippen LogP contribution in [0.3, 0.4) is 0 Å². The third kappa shape index (κ3) is 16.4. The van der Waals surface area contributed by atoms with Gasteiger partial charge in [-0.05, 0) is 26.2 Å². The van der Waals surface area contributed by atoms with Gasteiger partial charge in [0.05, 0.1) is 0 Å². The quantitative estimate of drug-likeness (QED) is 0.0948. The van der Waals surface area contributed by atoms with E-state index >= 15 is 0 Å². The van der Waals surface area contributed by atoms with Gasteiger partial charge >= 0.3 is 5.97 Å². The second-order valence-corrected chi connectivity index (χ2v) is 7.44. The van der Waals surface area contributed by atoms with E-state index in [1.54, 1.807) is 0 Å².